The highest BCUT2D eigenvalue weighted by Crippen LogP contribution is 1.67. The van der Waals surface area contributed by atoms with Crippen LogP contribution in [0.3, 0.4) is 0 Å². The Morgan fingerprint density at radius 1 is 1.62 bits per heavy atom. The van der Waals surface area contributed by atoms with E-state index in [-0.39, 0.29) is 5.48 Å². The van der Waals surface area contributed by atoms with Gasteiger partial charge in [0.25, 0.3) is 0 Å². The van der Waals surface area contributed by atoms with Gasteiger partial charge in [-0.2, -0.15) is 4.98 Å². The topological polar surface area (TPSA) is 74.6 Å². The summed E-state index contributed by atoms with van der Waals surface area (Å²) in [6.45, 7) is 0. The van der Waals surface area contributed by atoms with Crippen LogP contribution in [0, 0.1) is 0 Å². The third-order valence-electron chi connectivity index (χ3n) is 0.513. The summed E-state index contributed by atoms with van der Waals surface area (Å²) in [6, 6.07) is 1.54. The molecule has 4 heteroatoms. The highest BCUT2D eigenvalue weighted by molar-refractivity contribution is 4.70. The third kappa shape index (κ3) is 1.53. The van der Waals surface area contributed by atoms with E-state index in [4.69, 9.17) is 0 Å². The summed E-state index contributed by atoms with van der Waals surface area (Å²) in [5, 5.41) is 0. The van der Waals surface area contributed by atoms with Crippen molar-refractivity contribution in [2.24, 2.45) is 0 Å². The number of nitrogens with zero attached hydrogens (tertiary/aromatic N) is 1. The minimum atomic E-state index is -0.553. The highest BCUT2D eigenvalue weighted by atomic mass is 16.4. The lowest BCUT2D eigenvalue weighted by atomic mass is 10.7. The van der Waals surface area contributed by atoms with Crippen molar-refractivity contribution in [2.45, 2.75) is 0 Å². The van der Waals surface area contributed by atoms with Gasteiger partial charge in [-0.15, -0.1) is 0 Å². The van der Waals surface area contributed by atoms with Crippen molar-refractivity contribution in [2.75, 3.05) is 0 Å². The van der Waals surface area contributed by atoms with Gasteiger partial charge >= 0.3 is 5.76 Å². The number of hydrogen-bond donors (Lipinski definition) is 0. The van der Waals surface area contributed by atoms with Crippen molar-refractivity contribution < 1.29 is 9.89 Å². The molecule has 0 saturated heterocycles. The summed E-state index contributed by atoms with van der Waals surface area (Å²) in [5.74, 6) is -0.553. The molecule has 0 atom stereocenters. The maximum atomic E-state index is 9.99. The number of rotatable bonds is 0. The first-order valence-electron chi connectivity index (χ1n) is 1.79. The minimum Gasteiger partial charge on any atom is -0.417 e. The van der Waals surface area contributed by atoms with Crippen molar-refractivity contribution in [3.63, 3.8) is 0 Å². The molecule has 0 bridgehead atoms. The molecule has 8 heavy (non-hydrogen) atoms. The van der Waals surface area contributed by atoms with Gasteiger partial charge in [-0.1, -0.05) is 0 Å². The molecule has 2 N–H and O–H groups in total. The average molecular weight is 115 g/mol. The predicted octanol–water partition coefficient (Wildman–Crippen LogP) is -0.790. The Hall–Kier alpha value is -1.16. The maximum Gasteiger partial charge on any atom is 0.438 e. The van der Waals surface area contributed by atoms with E-state index < -0.39 is 5.76 Å². The van der Waals surface area contributed by atoms with Gasteiger partial charge in [-0.05, 0) is 6.07 Å². The van der Waals surface area contributed by atoms with Gasteiger partial charge in [0.2, 0.25) is 0 Å². The Bertz CT molecular complexity index is 177. The minimum absolute atomic E-state index is 0. The zero-order valence-electron chi connectivity index (χ0n) is 4.00. The van der Waals surface area contributed by atoms with Crippen molar-refractivity contribution in [3.05, 3.63) is 29.1 Å². The molecular weight excluding hydrogens is 110 g/mol. The molecule has 0 fully saturated rings. The van der Waals surface area contributed by atoms with E-state index in [2.05, 4.69) is 9.40 Å². The quantitative estimate of drug-likeness (QED) is 0.444. The summed E-state index contributed by atoms with van der Waals surface area (Å²) >= 11 is 0. The fourth-order valence-corrected chi connectivity index (χ4v) is 0.267. The number of hydrogen-bond acceptors (Lipinski definition) is 3. The molecule has 1 aromatic heterocycles. The smallest absolute Gasteiger partial charge is 0.417 e. The van der Waals surface area contributed by atoms with Crippen LogP contribution in [-0.2, 0) is 0 Å². The van der Waals surface area contributed by atoms with Crippen LogP contribution in [0.1, 0.15) is 0 Å². The predicted molar refractivity (Wildman–Crippen MR) is 26.4 cm³/mol. The third-order valence-corrected chi connectivity index (χ3v) is 0.513. The van der Waals surface area contributed by atoms with Crippen LogP contribution >= 0.6 is 0 Å². The van der Waals surface area contributed by atoms with E-state index in [1.807, 2.05) is 0 Å². The second-order valence-electron chi connectivity index (χ2n) is 0.990. The Balaban J connectivity index is 0.000000490. The maximum absolute atomic E-state index is 9.99. The van der Waals surface area contributed by atoms with Gasteiger partial charge in [0.15, 0.2) is 0 Å². The molecule has 0 saturated carbocycles. The molecule has 0 spiro atoms. The SMILES string of the molecule is O.O=c1nccco1. The van der Waals surface area contributed by atoms with Gasteiger partial charge in [0.05, 0.1) is 6.26 Å². The lowest BCUT2D eigenvalue weighted by Gasteiger charge is -1.71. The van der Waals surface area contributed by atoms with E-state index in [1.165, 1.54) is 12.5 Å². The fraction of sp³-hybridized carbons (Fsp3) is 0. The second kappa shape index (κ2) is 2.92. The van der Waals surface area contributed by atoms with E-state index in [0.717, 1.165) is 0 Å². The van der Waals surface area contributed by atoms with Crippen molar-refractivity contribution in [3.8, 4) is 0 Å². The standard InChI is InChI=1S/C4H3NO2.H2O/c6-4-5-2-1-3-7-4;/h1-3H;1H2. The Labute approximate surface area is 45.1 Å². The summed E-state index contributed by atoms with van der Waals surface area (Å²) in [7, 11) is 0. The van der Waals surface area contributed by atoms with Crippen LogP contribution in [0.2, 0.25) is 0 Å². The summed E-state index contributed by atoms with van der Waals surface area (Å²) in [5.41, 5.74) is 0. The Morgan fingerprint density at radius 2 is 2.38 bits per heavy atom. The zero-order chi connectivity index (χ0) is 5.11. The van der Waals surface area contributed by atoms with Gasteiger partial charge in [-0.25, -0.2) is 4.79 Å². The Kier molecular flexibility index (Phi) is 2.50. The number of aromatic nitrogens is 1. The van der Waals surface area contributed by atoms with E-state index in [0.29, 0.717) is 0 Å². The summed E-state index contributed by atoms with van der Waals surface area (Å²) in [6.07, 6.45) is 2.67. The zero-order valence-corrected chi connectivity index (χ0v) is 4.00. The summed E-state index contributed by atoms with van der Waals surface area (Å²) < 4.78 is 4.26. The normalized spacial score (nSPS) is 7.50. The molecule has 1 rings (SSSR count). The largest absolute Gasteiger partial charge is 0.438 e. The lowest BCUT2D eigenvalue weighted by Crippen LogP contribution is -1.98. The average Bonchev–Trinajstić information content (AvgIpc) is 1.69. The van der Waals surface area contributed by atoms with Crippen LogP contribution in [0.15, 0.2) is 27.7 Å². The monoisotopic (exact) mass is 115 g/mol. The van der Waals surface area contributed by atoms with E-state index in [1.54, 1.807) is 6.07 Å². The fourth-order valence-electron chi connectivity index (χ4n) is 0.267. The van der Waals surface area contributed by atoms with Crippen LogP contribution < -0.4 is 5.76 Å². The first-order chi connectivity index (χ1) is 3.39. The first kappa shape index (κ1) is 6.84. The van der Waals surface area contributed by atoms with Crippen LogP contribution in [0.5, 0.6) is 0 Å². The molecule has 4 nitrogen and oxygen atoms in total. The molecule has 1 heterocycles. The lowest BCUT2D eigenvalue weighted by molar-refractivity contribution is 0.483. The van der Waals surface area contributed by atoms with Crippen molar-refractivity contribution in [1.82, 2.24) is 4.98 Å². The molecule has 0 aromatic carbocycles. The highest BCUT2D eigenvalue weighted by Gasteiger charge is 1.74. The van der Waals surface area contributed by atoms with Crippen molar-refractivity contribution >= 4 is 0 Å². The van der Waals surface area contributed by atoms with Gasteiger partial charge in [0.1, 0.15) is 0 Å². The van der Waals surface area contributed by atoms with Crippen molar-refractivity contribution in [1.29, 1.82) is 0 Å². The Morgan fingerprint density at radius 3 is 2.62 bits per heavy atom. The molecule has 0 aliphatic heterocycles. The summed E-state index contributed by atoms with van der Waals surface area (Å²) in [4.78, 5) is 13.2. The molecule has 44 valence electrons. The molecular formula is C4H5NO3. The first-order valence-corrected chi connectivity index (χ1v) is 1.79. The second-order valence-corrected chi connectivity index (χ2v) is 0.990. The molecule has 0 aliphatic carbocycles. The van der Waals surface area contributed by atoms with Gasteiger partial charge in [-0.3, -0.25) is 0 Å². The molecule has 0 radical (unpaired) electrons. The van der Waals surface area contributed by atoms with E-state index in [9.17, 15) is 4.79 Å². The molecule has 0 amide bonds. The molecule has 1 aromatic rings. The van der Waals surface area contributed by atoms with Crippen LogP contribution in [-0.4, -0.2) is 10.5 Å². The van der Waals surface area contributed by atoms with Crippen LogP contribution in [0.4, 0.5) is 0 Å². The molecule has 0 aliphatic rings. The van der Waals surface area contributed by atoms with E-state index >= 15 is 0 Å². The van der Waals surface area contributed by atoms with Crippen LogP contribution in [0.25, 0.3) is 0 Å². The van der Waals surface area contributed by atoms with Gasteiger partial charge in [0, 0.05) is 6.20 Å². The van der Waals surface area contributed by atoms with Gasteiger partial charge < -0.3 is 9.89 Å². The molecule has 0 unspecified atom stereocenters.